The zero-order valence-electron chi connectivity index (χ0n) is 19.2. The summed E-state index contributed by atoms with van der Waals surface area (Å²) in [5.41, 5.74) is 9.78. The molecule has 0 radical (unpaired) electrons. The molecule has 4 rings (SSSR count). The largest absolute Gasteiger partial charge is 0.443 e. The number of rotatable bonds is 6. The second-order valence-electron chi connectivity index (χ2n) is 8.73. The molecule has 0 aliphatic rings. The molecule has 0 unspecified atom stereocenters. The summed E-state index contributed by atoms with van der Waals surface area (Å²) in [7, 11) is 0. The Kier molecular flexibility index (Phi) is 6.69. The van der Waals surface area contributed by atoms with Crippen molar-refractivity contribution in [2.24, 2.45) is 5.73 Å². The number of carbonyl (C=O) groups is 1. The SMILES string of the molecule is Cc1ccc(Cl)cc1-n1c(-c2ccccc2)nc(CC(C)(C)OC(N)=O)c1-c1cccc(Cl)c1. The molecule has 7 heteroatoms. The van der Waals surface area contributed by atoms with Crippen LogP contribution in [0.15, 0.2) is 72.8 Å². The Morgan fingerprint density at radius 3 is 2.32 bits per heavy atom. The maximum Gasteiger partial charge on any atom is 0.405 e. The van der Waals surface area contributed by atoms with Crippen LogP contribution in [0.4, 0.5) is 4.79 Å². The first-order valence-electron chi connectivity index (χ1n) is 10.8. The number of benzene rings is 3. The number of hydrogen-bond acceptors (Lipinski definition) is 3. The summed E-state index contributed by atoms with van der Waals surface area (Å²) in [6.45, 7) is 5.65. The van der Waals surface area contributed by atoms with E-state index >= 15 is 0 Å². The minimum Gasteiger partial charge on any atom is -0.443 e. The molecule has 0 aliphatic carbocycles. The molecule has 3 aromatic carbocycles. The van der Waals surface area contributed by atoms with Crippen molar-refractivity contribution in [1.29, 1.82) is 0 Å². The lowest BCUT2D eigenvalue weighted by Gasteiger charge is -2.24. The maximum absolute atomic E-state index is 11.5. The zero-order valence-corrected chi connectivity index (χ0v) is 20.7. The first-order chi connectivity index (χ1) is 16.1. The van der Waals surface area contributed by atoms with E-state index in [-0.39, 0.29) is 0 Å². The Bertz CT molecular complexity index is 1350. The summed E-state index contributed by atoms with van der Waals surface area (Å²) >= 11 is 12.8. The van der Waals surface area contributed by atoms with Crippen molar-refractivity contribution in [3.63, 3.8) is 0 Å². The highest BCUT2D eigenvalue weighted by Gasteiger charge is 2.29. The normalized spacial score (nSPS) is 11.4. The number of ether oxygens (including phenoxy) is 1. The second-order valence-corrected chi connectivity index (χ2v) is 9.60. The topological polar surface area (TPSA) is 70.1 Å². The molecule has 0 saturated carbocycles. The van der Waals surface area contributed by atoms with E-state index in [1.54, 1.807) is 0 Å². The van der Waals surface area contributed by atoms with E-state index < -0.39 is 11.7 Å². The average Bonchev–Trinajstić information content (AvgIpc) is 3.13. The highest BCUT2D eigenvalue weighted by atomic mass is 35.5. The molecule has 1 amide bonds. The van der Waals surface area contributed by atoms with Gasteiger partial charge in [-0.2, -0.15) is 0 Å². The molecule has 0 saturated heterocycles. The monoisotopic (exact) mass is 493 g/mol. The van der Waals surface area contributed by atoms with Crippen molar-refractivity contribution in [3.8, 4) is 28.3 Å². The average molecular weight is 494 g/mol. The van der Waals surface area contributed by atoms with E-state index in [0.717, 1.165) is 39.6 Å². The third-order valence-corrected chi connectivity index (χ3v) is 5.93. The van der Waals surface area contributed by atoms with Gasteiger partial charge in [0, 0.05) is 27.6 Å². The predicted molar refractivity (Wildman–Crippen MR) is 138 cm³/mol. The van der Waals surface area contributed by atoms with Crippen LogP contribution >= 0.6 is 23.2 Å². The Balaban J connectivity index is 2.07. The highest BCUT2D eigenvalue weighted by molar-refractivity contribution is 6.31. The number of halogens is 2. The number of nitrogens with zero attached hydrogens (tertiary/aromatic N) is 2. The van der Waals surface area contributed by atoms with Crippen LogP contribution in [0, 0.1) is 6.92 Å². The lowest BCUT2D eigenvalue weighted by Crippen LogP contribution is -2.33. The van der Waals surface area contributed by atoms with Gasteiger partial charge >= 0.3 is 6.09 Å². The molecule has 2 N–H and O–H groups in total. The van der Waals surface area contributed by atoms with Gasteiger partial charge in [0.1, 0.15) is 11.4 Å². The molecule has 0 atom stereocenters. The minimum absolute atomic E-state index is 0.338. The lowest BCUT2D eigenvalue weighted by atomic mass is 9.98. The fourth-order valence-corrected chi connectivity index (χ4v) is 4.43. The van der Waals surface area contributed by atoms with Gasteiger partial charge in [-0.05, 0) is 50.6 Å². The van der Waals surface area contributed by atoms with Crippen LogP contribution in [0.2, 0.25) is 10.0 Å². The fourth-order valence-electron chi connectivity index (χ4n) is 4.07. The van der Waals surface area contributed by atoms with Gasteiger partial charge < -0.3 is 10.5 Å². The van der Waals surface area contributed by atoms with Crippen molar-refractivity contribution in [3.05, 3.63) is 94.1 Å². The summed E-state index contributed by atoms with van der Waals surface area (Å²) in [5, 5.41) is 1.22. The van der Waals surface area contributed by atoms with Crippen LogP contribution in [0.1, 0.15) is 25.1 Å². The van der Waals surface area contributed by atoms with Gasteiger partial charge in [0.2, 0.25) is 0 Å². The van der Waals surface area contributed by atoms with E-state index in [1.807, 2.05) is 93.6 Å². The summed E-state index contributed by atoms with van der Waals surface area (Å²) in [5.74, 6) is 0.741. The summed E-state index contributed by atoms with van der Waals surface area (Å²) in [6.07, 6.45) is -0.493. The minimum atomic E-state index is -0.879. The predicted octanol–water partition coefficient (Wildman–Crippen LogP) is 7.24. The Morgan fingerprint density at radius 1 is 0.971 bits per heavy atom. The molecule has 0 spiro atoms. The summed E-state index contributed by atoms with van der Waals surface area (Å²) < 4.78 is 7.50. The van der Waals surface area contributed by atoms with E-state index in [2.05, 4.69) is 4.57 Å². The second kappa shape index (κ2) is 9.53. The van der Waals surface area contributed by atoms with Gasteiger partial charge in [-0.25, -0.2) is 9.78 Å². The van der Waals surface area contributed by atoms with Crippen LogP contribution in [-0.4, -0.2) is 21.2 Å². The number of nitrogens with two attached hydrogens (primary N) is 1. The van der Waals surface area contributed by atoms with Crippen LogP contribution in [0.5, 0.6) is 0 Å². The molecular formula is C27H25Cl2N3O2. The maximum atomic E-state index is 11.5. The Morgan fingerprint density at radius 2 is 1.65 bits per heavy atom. The molecule has 1 aromatic heterocycles. The van der Waals surface area contributed by atoms with Gasteiger partial charge in [-0.1, -0.05) is 71.7 Å². The third kappa shape index (κ3) is 5.11. The molecule has 0 fully saturated rings. The molecule has 174 valence electrons. The fraction of sp³-hybridized carbons (Fsp3) is 0.185. The van der Waals surface area contributed by atoms with Crippen molar-refractivity contribution in [2.45, 2.75) is 32.8 Å². The van der Waals surface area contributed by atoms with Gasteiger partial charge in [0.25, 0.3) is 0 Å². The van der Waals surface area contributed by atoms with Gasteiger partial charge in [0.05, 0.1) is 17.1 Å². The summed E-state index contributed by atoms with van der Waals surface area (Å²) in [6, 6.07) is 23.3. The first kappa shape index (κ1) is 23.9. The van der Waals surface area contributed by atoms with Gasteiger partial charge in [0.15, 0.2) is 0 Å². The molecule has 0 aliphatic heterocycles. The number of aromatic nitrogens is 2. The molecule has 34 heavy (non-hydrogen) atoms. The van der Waals surface area contributed by atoms with Crippen molar-refractivity contribution < 1.29 is 9.53 Å². The number of hydrogen-bond donors (Lipinski definition) is 1. The number of amides is 1. The highest BCUT2D eigenvalue weighted by Crippen LogP contribution is 2.37. The number of aryl methyl sites for hydroxylation is 1. The Labute approximate surface area is 209 Å². The van der Waals surface area contributed by atoms with Crippen LogP contribution in [0.3, 0.4) is 0 Å². The molecule has 1 heterocycles. The van der Waals surface area contributed by atoms with Crippen molar-refractivity contribution in [1.82, 2.24) is 9.55 Å². The number of carbonyl (C=O) groups excluding carboxylic acids is 1. The quantitative estimate of drug-likeness (QED) is 0.307. The van der Waals surface area contributed by atoms with Gasteiger partial charge in [-0.15, -0.1) is 0 Å². The van der Waals surface area contributed by atoms with E-state index in [0.29, 0.717) is 16.5 Å². The van der Waals surface area contributed by atoms with Gasteiger partial charge in [-0.3, -0.25) is 4.57 Å². The third-order valence-electron chi connectivity index (χ3n) is 5.46. The Hall–Kier alpha value is -3.28. The van der Waals surface area contributed by atoms with Crippen molar-refractivity contribution in [2.75, 3.05) is 0 Å². The number of imidazole rings is 1. The lowest BCUT2D eigenvalue weighted by molar-refractivity contribution is 0.0455. The first-order valence-corrected chi connectivity index (χ1v) is 11.6. The number of primary amides is 1. The van der Waals surface area contributed by atoms with Crippen LogP contribution < -0.4 is 5.73 Å². The van der Waals surface area contributed by atoms with E-state index in [1.165, 1.54) is 0 Å². The zero-order chi connectivity index (χ0) is 24.5. The smallest absolute Gasteiger partial charge is 0.405 e. The molecule has 5 nitrogen and oxygen atoms in total. The van der Waals surface area contributed by atoms with E-state index in [9.17, 15) is 4.79 Å². The summed E-state index contributed by atoms with van der Waals surface area (Å²) in [4.78, 5) is 16.6. The van der Waals surface area contributed by atoms with Crippen LogP contribution in [0.25, 0.3) is 28.3 Å². The standard InChI is InChI=1S/C27H25Cl2N3O2/c1-17-12-13-21(29)15-23(17)32-24(19-10-7-11-20(28)14-19)22(16-27(2,3)34-26(30)33)31-25(32)18-8-5-4-6-9-18/h4-15H,16H2,1-3H3,(H2,30,33). The molecule has 0 bridgehead atoms. The van der Waals surface area contributed by atoms with Crippen LogP contribution in [-0.2, 0) is 11.2 Å². The van der Waals surface area contributed by atoms with Crippen molar-refractivity contribution >= 4 is 29.3 Å². The van der Waals surface area contributed by atoms with E-state index in [4.69, 9.17) is 38.7 Å². The molecular weight excluding hydrogens is 469 g/mol. The molecule has 4 aromatic rings.